The molecule has 21 heavy (non-hydrogen) atoms. The lowest BCUT2D eigenvalue weighted by Gasteiger charge is -2.39. The van der Waals surface area contributed by atoms with Crippen molar-refractivity contribution >= 4 is 0 Å². The Bertz CT molecular complexity index is 438. The predicted octanol–water partition coefficient (Wildman–Crippen LogP) is 2.42. The Labute approximate surface area is 129 Å². The smallest absolute Gasteiger partial charge is 0.0351 e. The van der Waals surface area contributed by atoms with Gasteiger partial charge in [-0.05, 0) is 49.9 Å². The fourth-order valence-corrected chi connectivity index (χ4v) is 3.89. The standard InChI is InChI=1S/C18H29N3/c19-10-5-11-20-12-14-21(15-13-20)18-9-4-2-7-16-6-1-3-8-17(16)18/h1,3,6,8,18H,2,4-5,7,9-15,19H2/t18-/m1/s1. The Kier molecular flexibility index (Phi) is 5.28. The Balaban J connectivity index is 1.65. The number of hydrogen-bond donors (Lipinski definition) is 1. The van der Waals surface area contributed by atoms with Crippen LogP contribution in [0.15, 0.2) is 24.3 Å². The summed E-state index contributed by atoms with van der Waals surface area (Å²) < 4.78 is 0. The van der Waals surface area contributed by atoms with E-state index in [1.165, 1.54) is 58.4 Å². The van der Waals surface area contributed by atoms with E-state index in [4.69, 9.17) is 5.73 Å². The SMILES string of the molecule is NCCCN1CCN([C@@H]2CCCCc3ccccc32)CC1. The zero-order valence-corrected chi connectivity index (χ0v) is 13.1. The quantitative estimate of drug-likeness (QED) is 0.863. The van der Waals surface area contributed by atoms with E-state index < -0.39 is 0 Å². The van der Waals surface area contributed by atoms with Crippen molar-refractivity contribution in [2.75, 3.05) is 39.3 Å². The molecular formula is C18H29N3. The fraction of sp³-hybridized carbons (Fsp3) is 0.667. The van der Waals surface area contributed by atoms with E-state index in [1.54, 1.807) is 11.1 Å². The zero-order chi connectivity index (χ0) is 14.5. The highest BCUT2D eigenvalue weighted by Crippen LogP contribution is 2.33. The normalized spacial score (nSPS) is 24.5. The molecule has 1 fully saturated rings. The summed E-state index contributed by atoms with van der Waals surface area (Å²) >= 11 is 0. The van der Waals surface area contributed by atoms with Gasteiger partial charge in [0.15, 0.2) is 0 Å². The van der Waals surface area contributed by atoms with Gasteiger partial charge < -0.3 is 10.6 Å². The number of nitrogens with zero attached hydrogens (tertiary/aromatic N) is 2. The van der Waals surface area contributed by atoms with Crippen molar-refractivity contribution in [2.45, 2.75) is 38.1 Å². The predicted molar refractivity (Wildman–Crippen MR) is 88.4 cm³/mol. The number of hydrogen-bond acceptors (Lipinski definition) is 3. The van der Waals surface area contributed by atoms with Crippen LogP contribution >= 0.6 is 0 Å². The first kappa shape index (κ1) is 15.0. The lowest BCUT2D eigenvalue weighted by atomic mass is 9.97. The molecule has 0 saturated carbocycles. The summed E-state index contributed by atoms with van der Waals surface area (Å²) in [6, 6.07) is 9.78. The molecule has 2 aliphatic rings. The summed E-state index contributed by atoms with van der Waals surface area (Å²) in [6.45, 7) is 6.83. The van der Waals surface area contributed by atoms with E-state index in [2.05, 4.69) is 34.1 Å². The Morgan fingerprint density at radius 3 is 2.67 bits per heavy atom. The molecule has 116 valence electrons. The van der Waals surface area contributed by atoms with Gasteiger partial charge >= 0.3 is 0 Å². The Morgan fingerprint density at radius 2 is 1.86 bits per heavy atom. The van der Waals surface area contributed by atoms with Crippen LogP contribution in [-0.2, 0) is 6.42 Å². The molecule has 0 amide bonds. The first-order valence-electron chi connectivity index (χ1n) is 8.63. The first-order valence-corrected chi connectivity index (χ1v) is 8.63. The second-order valence-electron chi connectivity index (χ2n) is 6.48. The number of benzene rings is 1. The monoisotopic (exact) mass is 287 g/mol. The third-order valence-electron chi connectivity index (χ3n) is 5.11. The summed E-state index contributed by atoms with van der Waals surface area (Å²) in [5.74, 6) is 0. The minimum absolute atomic E-state index is 0.653. The Morgan fingerprint density at radius 1 is 1.05 bits per heavy atom. The molecule has 1 atom stereocenters. The highest BCUT2D eigenvalue weighted by atomic mass is 15.3. The van der Waals surface area contributed by atoms with Crippen LogP contribution < -0.4 is 5.73 Å². The van der Waals surface area contributed by atoms with Gasteiger partial charge in [0.2, 0.25) is 0 Å². The molecule has 3 heteroatoms. The molecule has 1 aliphatic carbocycles. The van der Waals surface area contributed by atoms with Crippen molar-refractivity contribution < 1.29 is 0 Å². The van der Waals surface area contributed by atoms with Crippen molar-refractivity contribution in [1.82, 2.24) is 9.80 Å². The average Bonchev–Trinajstić information content (AvgIpc) is 2.76. The van der Waals surface area contributed by atoms with E-state index in [0.29, 0.717) is 6.04 Å². The molecule has 1 heterocycles. The average molecular weight is 287 g/mol. The van der Waals surface area contributed by atoms with E-state index in [0.717, 1.165) is 13.0 Å². The molecule has 1 aliphatic heterocycles. The molecule has 0 bridgehead atoms. The zero-order valence-electron chi connectivity index (χ0n) is 13.1. The number of aryl methyl sites for hydroxylation is 1. The van der Waals surface area contributed by atoms with Crippen molar-refractivity contribution in [3.63, 3.8) is 0 Å². The molecule has 0 spiro atoms. The Hall–Kier alpha value is -0.900. The first-order chi connectivity index (χ1) is 10.4. The molecule has 1 aromatic rings. The largest absolute Gasteiger partial charge is 0.330 e. The van der Waals surface area contributed by atoms with E-state index in [-0.39, 0.29) is 0 Å². The van der Waals surface area contributed by atoms with Gasteiger partial charge in [-0.2, -0.15) is 0 Å². The van der Waals surface area contributed by atoms with Gasteiger partial charge in [-0.15, -0.1) is 0 Å². The molecule has 2 N–H and O–H groups in total. The van der Waals surface area contributed by atoms with Gasteiger partial charge in [0.25, 0.3) is 0 Å². The second-order valence-corrected chi connectivity index (χ2v) is 6.48. The van der Waals surface area contributed by atoms with Gasteiger partial charge in [0.05, 0.1) is 0 Å². The van der Waals surface area contributed by atoms with Crippen LogP contribution in [0.2, 0.25) is 0 Å². The molecule has 3 rings (SSSR count). The third kappa shape index (κ3) is 3.65. The minimum atomic E-state index is 0.653. The number of rotatable bonds is 4. The fourth-order valence-electron chi connectivity index (χ4n) is 3.89. The summed E-state index contributed by atoms with van der Waals surface area (Å²) in [6.07, 6.45) is 6.45. The van der Waals surface area contributed by atoms with Crippen molar-refractivity contribution in [2.24, 2.45) is 5.73 Å². The van der Waals surface area contributed by atoms with Crippen LogP contribution in [0.3, 0.4) is 0 Å². The van der Waals surface area contributed by atoms with Crippen molar-refractivity contribution in [3.8, 4) is 0 Å². The van der Waals surface area contributed by atoms with Crippen LogP contribution in [0, 0.1) is 0 Å². The van der Waals surface area contributed by atoms with Gasteiger partial charge in [0.1, 0.15) is 0 Å². The third-order valence-corrected chi connectivity index (χ3v) is 5.11. The highest BCUT2D eigenvalue weighted by molar-refractivity contribution is 5.31. The lowest BCUT2D eigenvalue weighted by molar-refractivity contribution is 0.0912. The van der Waals surface area contributed by atoms with E-state index in [9.17, 15) is 0 Å². The number of fused-ring (bicyclic) bond motifs is 1. The number of nitrogens with two attached hydrogens (primary N) is 1. The molecule has 1 aromatic carbocycles. The van der Waals surface area contributed by atoms with E-state index in [1.807, 2.05) is 0 Å². The van der Waals surface area contributed by atoms with Crippen LogP contribution in [0.1, 0.15) is 42.9 Å². The van der Waals surface area contributed by atoms with Gasteiger partial charge in [-0.1, -0.05) is 30.7 Å². The van der Waals surface area contributed by atoms with Crippen LogP contribution in [0.25, 0.3) is 0 Å². The van der Waals surface area contributed by atoms with Crippen LogP contribution in [0.4, 0.5) is 0 Å². The maximum absolute atomic E-state index is 5.62. The summed E-state index contributed by atoms with van der Waals surface area (Å²) in [7, 11) is 0. The van der Waals surface area contributed by atoms with Crippen molar-refractivity contribution in [3.05, 3.63) is 35.4 Å². The summed E-state index contributed by atoms with van der Waals surface area (Å²) in [5, 5.41) is 0. The summed E-state index contributed by atoms with van der Waals surface area (Å²) in [5.41, 5.74) is 8.81. The topological polar surface area (TPSA) is 32.5 Å². The molecule has 0 radical (unpaired) electrons. The second kappa shape index (κ2) is 7.39. The van der Waals surface area contributed by atoms with Crippen LogP contribution in [0.5, 0.6) is 0 Å². The van der Waals surface area contributed by atoms with Gasteiger partial charge in [-0.25, -0.2) is 0 Å². The molecule has 0 aromatic heterocycles. The lowest BCUT2D eigenvalue weighted by Crippen LogP contribution is -2.48. The van der Waals surface area contributed by atoms with Crippen molar-refractivity contribution in [1.29, 1.82) is 0 Å². The maximum atomic E-state index is 5.62. The summed E-state index contributed by atoms with van der Waals surface area (Å²) in [4.78, 5) is 5.30. The molecule has 1 saturated heterocycles. The number of piperazine rings is 1. The van der Waals surface area contributed by atoms with Gasteiger partial charge in [-0.3, -0.25) is 4.90 Å². The maximum Gasteiger partial charge on any atom is 0.0351 e. The molecule has 0 unspecified atom stereocenters. The van der Waals surface area contributed by atoms with Gasteiger partial charge in [0, 0.05) is 32.2 Å². The minimum Gasteiger partial charge on any atom is -0.330 e. The van der Waals surface area contributed by atoms with Crippen LogP contribution in [-0.4, -0.2) is 49.1 Å². The molecular weight excluding hydrogens is 258 g/mol. The van der Waals surface area contributed by atoms with E-state index >= 15 is 0 Å². The highest BCUT2D eigenvalue weighted by Gasteiger charge is 2.27. The molecule has 3 nitrogen and oxygen atoms in total.